The maximum absolute atomic E-state index is 4.93. The molecule has 1 aliphatic carbocycles. The van der Waals surface area contributed by atoms with Crippen molar-refractivity contribution in [1.29, 1.82) is 0 Å². The molecule has 0 amide bonds. The summed E-state index contributed by atoms with van der Waals surface area (Å²) in [5.74, 6) is 0. The summed E-state index contributed by atoms with van der Waals surface area (Å²) in [4.78, 5) is 9.85. The first-order valence-corrected chi connectivity index (χ1v) is 4.16. The van der Waals surface area contributed by atoms with Gasteiger partial charge in [0.2, 0.25) is 0 Å². The highest BCUT2D eigenvalue weighted by molar-refractivity contribution is 4.87. The van der Waals surface area contributed by atoms with Crippen molar-refractivity contribution in [3.05, 3.63) is 0 Å². The maximum atomic E-state index is 4.93. The molecule has 0 atom stereocenters. The van der Waals surface area contributed by atoms with Crippen molar-refractivity contribution in [2.45, 2.75) is 32.1 Å². The lowest BCUT2D eigenvalue weighted by Crippen LogP contribution is -2.30. The topological polar surface area (TPSA) is 18.5 Å². The Morgan fingerprint density at radius 1 is 0.800 bits per heavy atom. The van der Waals surface area contributed by atoms with Crippen LogP contribution < -0.4 is 0 Å². The molecular formula is C8H14O2. The van der Waals surface area contributed by atoms with Gasteiger partial charge in [-0.1, -0.05) is 6.42 Å². The molecule has 0 unspecified atom stereocenters. The molecule has 1 heterocycles. The van der Waals surface area contributed by atoms with Crippen molar-refractivity contribution in [3.63, 3.8) is 0 Å². The minimum absolute atomic E-state index is 0.635. The molecule has 0 aromatic rings. The first kappa shape index (κ1) is 6.62. The van der Waals surface area contributed by atoms with Gasteiger partial charge in [-0.05, 0) is 31.1 Å². The first-order chi connectivity index (χ1) is 4.91. The zero-order valence-electron chi connectivity index (χ0n) is 6.27. The summed E-state index contributed by atoms with van der Waals surface area (Å²) in [6.07, 6.45) is 6.65. The molecular weight excluding hydrogens is 128 g/mol. The number of rotatable bonds is 0. The molecule has 58 valence electrons. The quantitative estimate of drug-likeness (QED) is 0.481. The predicted molar refractivity (Wildman–Crippen MR) is 37.4 cm³/mol. The first-order valence-electron chi connectivity index (χ1n) is 4.16. The van der Waals surface area contributed by atoms with Crippen LogP contribution in [-0.4, -0.2) is 13.2 Å². The molecule has 10 heavy (non-hydrogen) atoms. The molecule has 0 N–H and O–H groups in total. The molecule has 2 nitrogen and oxygen atoms in total. The molecule has 0 radical (unpaired) electrons. The van der Waals surface area contributed by atoms with Crippen LogP contribution in [0.3, 0.4) is 0 Å². The summed E-state index contributed by atoms with van der Waals surface area (Å²) in [7, 11) is 0. The highest BCUT2D eigenvalue weighted by Crippen LogP contribution is 2.47. The Bertz CT molecular complexity index is 108. The van der Waals surface area contributed by atoms with Crippen LogP contribution in [0.4, 0.5) is 0 Å². The van der Waals surface area contributed by atoms with Crippen molar-refractivity contribution in [3.8, 4) is 0 Å². The lowest BCUT2D eigenvalue weighted by atomic mass is 9.65. The van der Waals surface area contributed by atoms with E-state index in [1.807, 2.05) is 0 Å². The highest BCUT2D eigenvalue weighted by Gasteiger charge is 2.37. The van der Waals surface area contributed by atoms with Gasteiger partial charge in [0.15, 0.2) is 0 Å². The average Bonchev–Trinajstić information content (AvgIpc) is 2.08. The largest absolute Gasteiger partial charge is 0.237 e. The number of hydrogen-bond acceptors (Lipinski definition) is 2. The molecule has 0 aromatic heterocycles. The Hall–Kier alpha value is -0.0800. The molecule has 2 fully saturated rings. The van der Waals surface area contributed by atoms with E-state index in [9.17, 15) is 0 Å². The molecule has 1 aliphatic heterocycles. The van der Waals surface area contributed by atoms with Crippen LogP contribution in [0.1, 0.15) is 32.1 Å². The zero-order valence-corrected chi connectivity index (χ0v) is 6.27. The van der Waals surface area contributed by atoms with Crippen LogP contribution in [0.2, 0.25) is 0 Å². The van der Waals surface area contributed by atoms with Crippen molar-refractivity contribution >= 4 is 0 Å². The predicted octanol–water partition coefficient (Wildman–Crippen LogP) is 1.90. The Kier molecular flexibility index (Phi) is 1.66. The van der Waals surface area contributed by atoms with E-state index in [-0.39, 0.29) is 0 Å². The Balaban J connectivity index is 1.92. The van der Waals surface area contributed by atoms with Crippen molar-refractivity contribution in [2.75, 3.05) is 13.2 Å². The summed E-state index contributed by atoms with van der Waals surface area (Å²) >= 11 is 0. The van der Waals surface area contributed by atoms with Crippen molar-refractivity contribution in [2.24, 2.45) is 5.41 Å². The molecule has 1 saturated carbocycles. The minimum atomic E-state index is 0.635. The van der Waals surface area contributed by atoms with Crippen molar-refractivity contribution in [1.82, 2.24) is 0 Å². The second kappa shape index (κ2) is 2.51. The van der Waals surface area contributed by atoms with Gasteiger partial charge >= 0.3 is 0 Å². The van der Waals surface area contributed by atoms with E-state index in [4.69, 9.17) is 9.78 Å². The summed E-state index contributed by atoms with van der Waals surface area (Å²) < 4.78 is 0. The maximum Gasteiger partial charge on any atom is 0.0827 e. The van der Waals surface area contributed by atoms with Crippen LogP contribution in [0.25, 0.3) is 0 Å². The van der Waals surface area contributed by atoms with Gasteiger partial charge in [0.1, 0.15) is 0 Å². The monoisotopic (exact) mass is 142 g/mol. The fourth-order valence-corrected chi connectivity index (χ4v) is 1.94. The molecule has 0 aromatic carbocycles. The van der Waals surface area contributed by atoms with Gasteiger partial charge in [-0.3, -0.25) is 0 Å². The third-order valence-corrected chi connectivity index (χ3v) is 2.93. The van der Waals surface area contributed by atoms with Crippen LogP contribution in [0.5, 0.6) is 0 Å². The van der Waals surface area contributed by atoms with Crippen LogP contribution >= 0.6 is 0 Å². The van der Waals surface area contributed by atoms with E-state index in [2.05, 4.69) is 0 Å². The summed E-state index contributed by atoms with van der Waals surface area (Å²) in [6, 6.07) is 0. The molecule has 2 heteroatoms. The van der Waals surface area contributed by atoms with Crippen LogP contribution in [0.15, 0.2) is 0 Å². The normalized spacial score (nSPS) is 31.2. The zero-order chi connectivity index (χ0) is 6.86. The minimum Gasteiger partial charge on any atom is -0.237 e. The van der Waals surface area contributed by atoms with Gasteiger partial charge in [-0.2, -0.15) is 0 Å². The lowest BCUT2D eigenvalue weighted by Gasteiger charge is -2.40. The SMILES string of the molecule is C1CC2(C1)CCOOCC2. The summed E-state index contributed by atoms with van der Waals surface area (Å²) in [5, 5.41) is 0. The van der Waals surface area contributed by atoms with Crippen LogP contribution in [0, 0.1) is 5.41 Å². The van der Waals surface area contributed by atoms with Gasteiger partial charge in [0.05, 0.1) is 13.2 Å². The van der Waals surface area contributed by atoms with Crippen molar-refractivity contribution < 1.29 is 9.78 Å². The summed E-state index contributed by atoms with van der Waals surface area (Å²) in [5.41, 5.74) is 0.635. The third-order valence-electron chi connectivity index (χ3n) is 2.93. The van der Waals surface area contributed by atoms with E-state index in [1.54, 1.807) is 0 Å². The highest BCUT2D eigenvalue weighted by atomic mass is 17.2. The summed E-state index contributed by atoms with van der Waals surface area (Å²) in [6.45, 7) is 1.61. The standard InChI is InChI=1S/C8H14O2/c1-2-8(3-1)4-6-9-10-7-5-8/h1-7H2. The Morgan fingerprint density at radius 2 is 1.40 bits per heavy atom. The van der Waals surface area contributed by atoms with E-state index in [0.29, 0.717) is 5.41 Å². The Labute approximate surface area is 61.4 Å². The second-order valence-electron chi connectivity index (χ2n) is 3.50. The van der Waals surface area contributed by atoms with Gasteiger partial charge in [0.25, 0.3) is 0 Å². The van der Waals surface area contributed by atoms with E-state index in [0.717, 1.165) is 13.2 Å². The molecule has 0 bridgehead atoms. The lowest BCUT2D eigenvalue weighted by molar-refractivity contribution is -0.287. The average molecular weight is 142 g/mol. The van der Waals surface area contributed by atoms with Gasteiger partial charge in [-0.15, -0.1) is 0 Å². The van der Waals surface area contributed by atoms with Gasteiger partial charge < -0.3 is 0 Å². The van der Waals surface area contributed by atoms with Gasteiger partial charge in [0, 0.05) is 0 Å². The van der Waals surface area contributed by atoms with Crippen LogP contribution in [-0.2, 0) is 9.78 Å². The van der Waals surface area contributed by atoms with E-state index in [1.165, 1.54) is 32.1 Å². The second-order valence-corrected chi connectivity index (χ2v) is 3.50. The van der Waals surface area contributed by atoms with E-state index < -0.39 is 0 Å². The smallest absolute Gasteiger partial charge is 0.0827 e. The fraction of sp³-hybridized carbons (Fsp3) is 1.00. The molecule has 2 rings (SSSR count). The van der Waals surface area contributed by atoms with Gasteiger partial charge in [-0.25, -0.2) is 9.78 Å². The molecule has 1 saturated heterocycles. The third kappa shape index (κ3) is 1.06. The molecule has 2 aliphatic rings. The molecule has 1 spiro atoms. The fourth-order valence-electron chi connectivity index (χ4n) is 1.94. The number of hydrogen-bond donors (Lipinski definition) is 0. The Morgan fingerprint density at radius 3 is 1.80 bits per heavy atom. The van der Waals surface area contributed by atoms with E-state index >= 15 is 0 Å².